The van der Waals surface area contributed by atoms with Gasteiger partial charge in [-0.15, -0.1) is 0 Å². The van der Waals surface area contributed by atoms with Crippen LogP contribution in [0.5, 0.6) is 0 Å². The van der Waals surface area contributed by atoms with Gasteiger partial charge in [-0.05, 0) is 40.5 Å². The topological polar surface area (TPSA) is 3.24 Å². The van der Waals surface area contributed by atoms with Gasteiger partial charge in [-0.3, -0.25) is 9.29 Å². The van der Waals surface area contributed by atoms with Crippen molar-refractivity contribution in [3.63, 3.8) is 0 Å². The number of nitrogens with zero attached hydrogens (tertiary/aromatic N) is 1. The van der Waals surface area contributed by atoms with Crippen LogP contribution in [-0.4, -0.2) is 29.2 Å². The van der Waals surface area contributed by atoms with Gasteiger partial charge in [0.15, 0.2) is 0 Å². The molecule has 0 amide bonds. The summed E-state index contributed by atoms with van der Waals surface area (Å²) in [5.74, 6) is 0. The standard InChI is InChI=1S/C11H20FN/c1-8-5-11(7-12)6-9(11)13(8)10(2,3)4/h8-9H,5-7H2,1-4H3/t8-,9-,11+/m1/s1. The highest BCUT2D eigenvalue weighted by Gasteiger charge is 2.65. The van der Waals surface area contributed by atoms with Gasteiger partial charge in [0.05, 0.1) is 6.67 Å². The van der Waals surface area contributed by atoms with Crippen molar-refractivity contribution >= 4 is 0 Å². The normalized spacial score (nSPS) is 45.0. The maximum absolute atomic E-state index is 12.8. The summed E-state index contributed by atoms with van der Waals surface area (Å²) in [6, 6.07) is 1.10. The summed E-state index contributed by atoms with van der Waals surface area (Å²) in [5, 5.41) is 0. The largest absolute Gasteiger partial charge is 0.292 e. The molecule has 1 heterocycles. The molecular weight excluding hydrogens is 165 g/mol. The van der Waals surface area contributed by atoms with E-state index < -0.39 is 0 Å². The molecule has 2 heteroatoms. The summed E-state index contributed by atoms with van der Waals surface area (Å²) in [4.78, 5) is 2.51. The molecule has 2 aliphatic rings. The minimum atomic E-state index is -0.116. The van der Waals surface area contributed by atoms with E-state index in [2.05, 4.69) is 32.6 Å². The summed E-state index contributed by atoms with van der Waals surface area (Å²) >= 11 is 0. The van der Waals surface area contributed by atoms with Crippen LogP contribution in [-0.2, 0) is 0 Å². The van der Waals surface area contributed by atoms with Crippen LogP contribution in [0.25, 0.3) is 0 Å². The van der Waals surface area contributed by atoms with Gasteiger partial charge < -0.3 is 0 Å². The lowest BCUT2D eigenvalue weighted by Crippen LogP contribution is -2.45. The molecule has 0 unspecified atom stereocenters. The molecule has 76 valence electrons. The van der Waals surface area contributed by atoms with E-state index in [0.29, 0.717) is 12.1 Å². The lowest BCUT2D eigenvalue weighted by Gasteiger charge is -2.37. The summed E-state index contributed by atoms with van der Waals surface area (Å²) in [7, 11) is 0. The van der Waals surface area contributed by atoms with E-state index >= 15 is 0 Å². The van der Waals surface area contributed by atoms with Crippen molar-refractivity contribution < 1.29 is 4.39 Å². The first kappa shape index (κ1) is 9.45. The zero-order valence-corrected chi connectivity index (χ0v) is 9.10. The molecular formula is C11H20FN. The smallest absolute Gasteiger partial charge is 0.0966 e. The zero-order valence-electron chi connectivity index (χ0n) is 9.10. The molecule has 0 spiro atoms. The first-order valence-electron chi connectivity index (χ1n) is 5.25. The highest BCUT2D eigenvalue weighted by atomic mass is 19.1. The van der Waals surface area contributed by atoms with Crippen LogP contribution in [0.2, 0.25) is 0 Å². The van der Waals surface area contributed by atoms with Crippen LogP contribution in [0.3, 0.4) is 0 Å². The number of hydrogen-bond donors (Lipinski definition) is 0. The van der Waals surface area contributed by atoms with E-state index in [4.69, 9.17) is 0 Å². The molecule has 0 aromatic heterocycles. The van der Waals surface area contributed by atoms with Crippen molar-refractivity contribution in [1.29, 1.82) is 0 Å². The number of piperidine rings is 1. The second kappa shape index (κ2) is 2.47. The lowest BCUT2D eigenvalue weighted by atomic mass is 10.0. The second-order valence-corrected chi connectivity index (χ2v) is 5.85. The minimum absolute atomic E-state index is 0.0622. The predicted octanol–water partition coefficient (Wildman–Crippen LogP) is 2.61. The molecule has 3 atom stereocenters. The van der Waals surface area contributed by atoms with E-state index in [-0.39, 0.29) is 17.6 Å². The number of halogens is 1. The maximum atomic E-state index is 12.8. The lowest BCUT2D eigenvalue weighted by molar-refractivity contribution is 0.104. The van der Waals surface area contributed by atoms with E-state index in [1.807, 2.05) is 0 Å². The third-order valence-corrected chi connectivity index (χ3v) is 3.70. The molecule has 2 rings (SSSR count). The first-order chi connectivity index (χ1) is 5.91. The van der Waals surface area contributed by atoms with Crippen molar-refractivity contribution in [2.75, 3.05) is 6.67 Å². The van der Waals surface area contributed by atoms with Gasteiger partial charge in [0.25, 0.3) is 0 Å². The molecule has 0 radical (unpaired) electrons. The molecule has 1 saturated heterocycles. The number of fused-ring (bicyclic) bond motifs is 1. The molecule has 2 fully saturated rings. The summed E-state index contributed by atoms with van der Waals surface area (Å²) in [5.41, 5.74) is 0.268. The molecule has 1 saturated carbocycles. The van der Waals surface area contributed by atoms with Gasteiger partial charge in [0.1, 0.15) is 0 Å². The fourth-order valence-corrected chi connectivity index (χ4v) is 3.26. The molecule has 0 aromatic rings. The molecule has 0 aromatic carbocycles. The number of alkyl halides is 1. The van der Waals surface area contributed by atoms with Crippen molar-refractivity contribution in [2.24, 2.45) is 5.41 Å². The van der Waals surface area contributed by atoms with Gasteiger partial charge in [0.2, 0.25) is 0 Å². The van der Waals surface area contributed by atoms with Crippen molar-refractivity contribution in [1.82, 2.24) is 4.90 Å². The zero-order chi connectivity index (χ0) is 9.85. The van der Waals surface area contributed by atoms with Crippen molar-refractivity contribution in [3.8, 4) is 0 Å². The van der Waals surface area contributed by atoms with Crippen LogP contribution >= 0.6 is 0 Å². The third kappa shape index (κ3) is 1.22. The van der Waals surface area contributed by atoms with Gasteiger partial charge >= 0.3 is 0 Å². The maximum Gasteiger partial charge on any atom is 0.0966 e. The summed E-state index contributed by atoms with van der Waals surface area (Å²) < 4.78 is 12.8. The Balaban J connectivity index is 2.16. The van der Waals surface area contributed by atoms with Gasteiger partial charge in [-0.25, -0.2) is 0 Å². The quantitative estimate of drug-likeness (QED) is 0.607. The van der Waals surface area contributed by atoms with Crippen LogP contribution in [0.4, 0.5) is 4.39 Å². The highest BCUT2D eigenvalue weighted by Crippen LogP contribution is 2.61. The van der Waals surface area contributed by atoms with Crippen LogP contribution < -0.4 is 0 Å². The molecule has 13 heavy (non-hydrogen) atoms. The predicted molar refractivity (Wildman–Crippen MR) is 52.5 cm³/mol. The number of rotatable bonds is 1. The average Bonchev–Trinajstić information content (AvgIpc) is 2.55. The van der Waals surface area contributed by atoms with Crippen molar-refractivity contribution in [3.05, 3.63) is 0 Å². The fraction of sp³-hybridized carbons (Fsp3) is 1.00. The number of likely N-dealkylation sites (tertiary alicyclic amines) is 1. The van der Waals surface area contributed by atoms with Crippen LogP contribution in [0.1, 0.15) is 40.5 Å². The van der Waals surface area contributed by atoms with E-state index in [9.17, 15) is 4.39 Å². The van der Waals surface area contributed by atoms with Gasteiger partial charge in [0, 0.05) is 23.0 Å². The van der Waals surface area contributed by atoms with E-state index in [0.717, 1.165) is 12.8 Å². The summed E-state index contributed by atoms with van der Waals surface area (Å²) in [6.07, 6.45) is 2.15. The number of hydrogen-bond acceptors (Lipinski definition) is 1. The Kier molecular flexibility index (Phi) is 1.80. The molecule has 0 bridgehead atoms. The Morgan fingerprint density at radius 2 is 2.00 bits per heavy atom. The Morgan fingerprint density at radius 3 is 2.31 bits per heavy atom. The second-order valence-electron chi connectivity index (χ2n) is 5.85. The Hall–Kier alpha value is -0.110. The minimum Gasteiger partial charge on any atom is -0.292 e. The average molecular weight is 185 g/mol. The first-order valence-corrected chi connectivity index (χ1v) is 5.25. The molecule has 0 N–H and O–H groups in total. The van der Waals surface area contributed by atoms with Gasteiger partial charge in [-0.2, -0.15) is 0 Å². The summed E-state index contributed by atoms with van der Waals surface area (Å²) in [6.45, 7) is 8.81. The van der Waals surface area contributed by atoms with E-state index in [1.165, 1.54) is 0 Å². The Labute approximate surface area is 80.3 Å². The third-order valence-electron chi connectivity index (χ3n) is 3.70. The SMILES string of the molecule is C[C@@H]1C[C@@]2(CF)C[C@H]2N1C(C)(C)C. The van der Waals surface area contributed by atoms with Gasteiger partial charge in [-0.1, -0.05) is 0 Å². The fourth-order valence-electron chi connectivity index (χ4n) is 3.26. The van der Waals surface area contributed by atoms with Crippen LogP contribution in [0.15, 0.2) is 0 Å². The molecule has 1 nitrogen and oxygen atoms in total. The Morgan fingerprint density at radius 1 is 1.38 bits per heavy atom. The van der Waals surface area contributed by atoms with Crippen LogP contribution in [0, 0.1) is 5.41 Å². The molecule has 1 aliphatic heterocycles. The monoisotopic (exact) mass is 185 g/mol. The van der Waals surface area contributed by atoms with E-state index in [1.54, 1.807) is 0 Å². The molecule has 1 aliphatic carbocycles. The Bertz CT molecular complexity index is 221. The highest BCUT2D eigenvalue weighted by molar-refractivity contribution is 5.18. The van der Waals surface area contributed by atoms with Crippen molar-refractivity contribution in [2.45, 2.75) is 58.2 Å².